The number of nitrogens with zero attached hydrogens (tertiary/aromatic N) is 2. The Hall–Kier alpha value is -1.42. The van der Waals surface area contributed by atoms with Gasteiger partial charge in [0.25, 0.3) is 0 Å². The van der Waals surface area contributed by atoms with Crippen molar-refractivity contribution in [3.05, 3.63) is 61.0 Å². The van der Waals surface area contributed by atoms with E-state index in [2.05, 4.69) is 5.32 Å². The third-order valence-electron chi connectivity index (χ3n) is 5.35. The molecule has 204 valence electrons. The summed E-state index contributed by atoms with van der Waals surface area (Å²) in [6, 6.07) is 6.54. The number of anilines is 1. The lowest BCUT2D eigenvalue weighted by molar-refractivity contribution is -0.140. The van der Waals surface area contributed by atoms with Crippen molar-refractivity contribution in [2.75, 3.05) is 23.7 Å². The van der Waals surface area contributed by atoms with Crippen molar-refractivity contribution in [1.29, 1.82) is 0 Å². The minimum atomic E-state index is -4.00. The highest BCUT2D eigenvalue weighted by Gasteiger charge is 2.32. The van der Waals surface area contributed by atoms with E-state index in [1.54, 1.807) is 25.1 Å². The third-order valence-corrected chi connectivity index (χ3v) is 8.24. The zero-order chi connectivity index (χ0) is 28.1. The summed E-state index contributed by atoms with van der Waals surface area (Å²) in [4.78, 5) is 28.1. The molecule has 2 amide bonds. The van der Waals surface area contributed by atoms with E-state index in [-0.39, 0.29) is 50.6 Å². The van der Waals surface area contributed by atoms with Crippen molar-refractivity contribution in [2.45, 2.75) is 39.8 Å². The van der Waals surface area contributed by atoms with Crippen LogP contribution in [0.25, 0.3) is 0 Å². The molecule has 0 saturated heterocycles. The molecule has 0 radical (unpaired) electrons. The smallest absolute Gasteiger partial charge is 0.244 e. The van der Waals surface area contributed by atoms with Gasteiger partial charge in [-0.3, -0.25) is 13.9 Å². The number of rotatable bonds is 11. The van der Waals surface area contributed by atoms with Gasteiger partial charge in [-0.15, -0.1) is 0 Å². The van der Waals surface area contributed by atoms with Crippen molar-refractivity contribution in [1.82, 2.24) is 10.2 Å². The minimum Gasteiger partial charge on any atom is -0.354 e. The van der Waals surface area contributed by atoms with Gasteiger partial charge >= 0.3 is 0 Å². The number of sulfonamides is 1. The number of carbonyl (C=O) groups is 2. The molecule has 0 heterocycles. The van der Waals surface area contributed by atoms with Crippen LogP contribution in [0.15, 0.2) is 30.3 Å². The highest BCUT2D eigenvalue weighted by atomic mass is 35.5. The Kier molecular flexibility index (Phi) is 11.7. The molecule has 0 spiro atoms. The van der Waals surface area contributed by atoms with Crippen molar-refractivity contribution < 1.29 is 18.0 Å². The Labute approximate surface area is 243 Å². The third kappa shape index (κ3) is 8.80. The van der Waals surface area contributed by atoms with Gasteiger partial charge in [-0.2, -0.15) is 0 Å². The summed E-state index contributed by atoms with van der Waals surface area (Å²) in [7, 11) is -4.00. The molecule has 2 aromatic carbocycles. The molecule has 13 heteroatoms. The highest BCUT2D eigenvalue weighted by Crippen LogP contribution is 2.35. The minimum absolute atomic E-state index is 0.00891. The zero-order valence-electron chi connectivity index (χ0n) is 20.7. The van der Waals surface area contributed by atoms with Crippen molar-refractivity contribution in [3.8, 4) is 0 Å². The standard InChI is InChI=1S/C24H28Cl5N3O4S/c1-5-21(24(34)30-11-14(2)3)31(12-15-6-7-16(25)17(26)8-15)23(33)13-32(37(4,35)36)22-10-19(28)18(27)9-20(22)29/h6-10,14,21H,5,11-13H2,1-4H3,(H,30,34)/t21-/m0/s1. The van der Waals surface area contributed by atoms with E-state index in [1.807, 2.05) is 13.8 Å². The molecular weight excluding hydrogens is 604 g/mol. The van der Waals surface area contributed by atoms with Crippen LogP contribution in [-0.4, -0.2) is 50.5 Å². The highest BCUT2D eigenvalue weighted by molar-refractivity contribution is 7.92. The first-order chi connectivity index (χ1) is 17.1. The van der Waals surface area contributed by atoms with Crippen LogP contribution < -0.4 is 9.62 Å². The summed E-state index contributed by atoms with van der Waals surface area (Å²) in [5, 5.41) is 3.65. The van der Waals surface area contributed by atoms with Crippen molar-refractivity contribution >= 4 is 85.5 Å². The largest absolute Gasteiger partial charge is 0.354 e. The molecular formula is C24H28Cl5N3O4S. The topological polar surface area (TPSA) is 86.8 Å². The maximum atomic E-state index is 13.7. The molecule has 0 unspecified atom stereocenters. The van der Waals surface area contributed by atoms with E-state index in [1.165, 1.54) is 17.0 Å². The molecule has 0 saturated carbocycles. The van der Waals surface area contributed by atoms with Crippen LogP contribution in [0.3, 0.4) is 0 Å². The zero-order valence-corrected chi connectivity index (χ0v) is 25.3. The number of hydrogen-bond donors (Lipinski definition) is 1. The lowest BCUT2D eigenvalue weighted by atomic mass is 10.1. The van der Waals surface area contributed by atoms with Crippen LogP contribution >= 0.6 is 58.0 Å². The SMILES string of the molecule is CC[C@@H](C(=O)NCC(C)C)N(Cc1ccc(Cl)c(Cl)c1)C(=O)CN(c1cc(Cl)c(Cl)cc1Cl)S(C)(=O)=O. The fraction of sp³-hybridized carbons (Fsp3) is 0.417. The van der Waals surface area contributed by atoms with Gasteiger partial charge in [0.05, 0.1) is 37.1 Å². The van der Waals surface area contributed by atoms with E-state index >= 15 is 0 Å². The fourth-order valence-electron chi connectivity index (χ4n) is 3.47. The van der Waals surface area contributed by atoms with Crippen LogP contribution in [0.5, 0.6) is 0 Å². The van der Waals surface area contributed by atoms with Crippen LogP contribution in [0.4, 0.5) is 5.69 Å². The molecule has 7 nitrogen and oxygen atoms in total. The summed E-state index contributed by atoms with van der Waals surface area (Å²) < 4.78 is 26.3. The first-order valence-corrected chi connectivity index (χ1v) is 15.0. The second-order valence-corrected chi connectivity index (χ2v) is 12.8. The lowest BCUT2D eigenvalue weighted by Gasteiger charge is -2.33. The van der Waals surface area contributed by atoms with Crippen LogP contribution in [0.1, 0.15) is 32.8 Å². The molecule has 0 bridgehead atoms. The molecule has 1 N–H and O–H groups in total. The number of nitrogens with one attached hydrogen (secondary N) is 1. The predicted molar refractivity (Wildman–Crippen MR) is 153 cm³/mol. The number of benzene rings is 2. The van der Waals surface area contributed by atoms with Gasteiger partial charge in [-0.05, 0) is 42.2 Å². The van der Waals surface area contributed by atoms with E-state index in [9.17, 15) is 18.0 Å². The van der Waals surface area contributed by atoms with Gasteiger partial charge in [0.1, 0.15) is 12.6 Å². The van der Waals surface area contributed by atoms with E-state index in [0.29, 0.717) is 17.1 Å². The van der Waals surface area contributed by atoms with Crippen LogP contribution in [0, 0.1) is 5.92 Å². The van der Waals surface area contributed by atoms with Crippen LogP contribution in [0.2, 0.25) is 25.1 Å². The monoisotopic (exact) mass is 629 g/mol. The molecule has 0 fully saturated rings. The van der Waals surface area contributed by atoms with Crippen molar-refractivity contribution in [3.63, 3.8) is 0 Å². The molecule has 0 aliphatic carbocycles. The Balaban J connectivity index is 2.51. The number of hydrogen-bond acceptors (Lipinski definition) is 4. The average molecular weight is 632 g/mol. The second-order valence-electron chi connectivity index (χ2n) is 8.82. The summed E-state index contributed by atoms with van der Waals surface area (Å²) in [6.45, 7) is 5.43. The maximum absolute atomic E-state index is 13.7. The number of halogens is 5. The lowest BCUT2D eigenvalue weighted by Crippen LogP contribution is -2.52. The van der Waals surface area contributed by atoms with Crippen molar-refractivity contribution in [2.24, 2.45) is 5.92 Å². The van der Waals surface area contributed by atoms with Gasteiger partial charge in [-0.1, -0.05) is 84.8 Å². The summed E-state index contributed by atoms with van der Waals surface area (Å²) >= 11 is 30.6. The summed E-state index contributed by atoms with van der Waals surface area (Å²) in [5.74, 6) is -0.800. The summed E-state index contributed by atoms with van der Waals surface area (Å²) in [5.41, 5.74) is 0.593. The van der Waals surface area contributed by atoms with E-state index in [4.69, 9.17) is 58.0 Å². The van der Waals surface area contributed by atoms with E-state index < -0.39 is 28.5 Å². The molecule has 37 heavy (non-hydrogen) atoms. The quantitative estimate of drug-likeness (QED) is 0.295. The average Bonchev–Trinajstić information content (AvgIpc) is 2.80. The van der Waals surface area contributed by atoms with Gasteiger partial charge in [-0.25, -0.2) is 8.42 Å². The van der Waals surface area contributed by atoms with Gasteiger partial charge in [0, 0.05) is 13.1 Å². The number of carbonyl (C=O) groups excluding carboxylic acids is 2. The Bertz CT molecular complexity index is 1260. The van der Waals surface area contributed by atoms with E-state index in [0.717, 1.165) is 10.6 Å². The predicted octanol–water partition coefficient (Wildman–Crippen LogP) is 6.30. The Morgan fingerprint density at radius 2 is 1.51 bits per heavy atom. The van der Waals surface area contributed by atoms with Gasteiger partial charge in [0.15, 0.2) is 0 Å². The van der Waals surface area contributed by atoms with Gasteiger partial charge in [0.2, 0.25) is 21.8 Å². The first kappa shape index (κ1) is 31.8. The first-order valence-electron chi connectivity index (χ1n) is 11.3. The Morgan fingerprint density at radius 1 is 0.919 bits per heavy atom. The number of amides is 2. The second kappa shape index (κ2) is 13.6. The normalized spacial score (nSPS) is 12.4. The summed E-state index contributed by atoms with van der Waals surface area (Å²) in [6.07, 6.45) is 1.22. The molecule has 2 rings (SSSR count). The molecule has 0 aliphatic heterocycles. The molecule has 2 aromatic rings. The molecule has 0 aromatic heterocycles. The molecule has 1 atom stereocenters. The fourth-order valence-corrected chi connectivity index (χ4v) is 5.34. The van der Waals surface area contributed by atoms with Crippen LogP contribution in [-0.2, 0) is 26.2 Å². The molecule has 0 aliphatic rings. The van der Waals surface area contributed by atoms with Gasteiger partial charge < -0.3 is 10.2 Å². The Morgan fingerprint density at radius 3 is 2.05 bits per heavy atom. The maximum Gasteiger partial charge on any atom is 0.244 e.